The highest BCUT2D eigenvalue weighted by Gasteiger charge is 2.32. The highest BCUT2D eigenvalue weighted by Crippen LogP contribution is 2.32. The molecule has 2 aromatic heterocycles. The predicted octanol–water partition coefficient (Wildman–Crippen LogP) is 5.47. The number of hydrogen-bond donors (Lipinski definition) is 3. The van der Waals surface area contributed by atoms with Crippen molar-refractivity contribution in [2.75, 3.05) is 0 Å². The summed E-state index contributed by atoms with van der Waals surface area (Å²) in [6.45, 7) is 19.8. The van der Waals surface area contributed by atoms with Crippen LogP contribution in [0.5, 0.6) is 0 Å². The van der Waals surface area contributed by atoms with Crippen LogP contribution < -0.4 is 10.9 Å². The first-order valence-corrected chi connectivity index (χ1v) is 14.1. The third kappa shape index (κ3) is 6.64. The minimum Gasteiger partial charge on any atom is -0.465 e. The Morgan fingerprint density at radius 3 is 1.77 bits per heavy atom. The van der Waals surface area contributed by atoms with Crippen molar-refractivity contribution < 1.29 is 24.2 Å². The Hall–Kier alpha value is -2.48. The Morgan fingerprint density at radius 1 is 0.769 bits per heavy atom. The highest BCUT2D eigenvalue weighted by molar-refractivity contribution is 5.32. The SMILES string of the molecule is CCc1oc([C@@H](C)[C@@H](O)[C@H](C)[C@@H](O)C(C)=C[C@@H](C)c2oc([C@H](C)[C@H](O)CC)c(C)c(=O)c2C)c(C)c(=O)c1C. The van der Waals surface area contributed by atoms with Gasteiger partial charge in [0.05, 0.1) is 18.3 Å². The molecule has 0 aliphatic heterocycles. The summed E-state index contributed by atoms with van der Waals surface area (Å²) in [7, 11) is 0. The van der Waals surface area contributed by atoms with Gasteiger partial charge in [0.25, 0.3) is 0 Å². The number of allylic oxidation sites excluding steroid dienone is 1. The molecule has 2 heterocycles. The molecule has 0 aromatic carbocycles. The molecule has 0 aliphatic carbocycles. The van der Waals surface area contributed by atoms with Crippen LogP contribution >= 0.6 is 0 Å². The fraction of sp³-hybridized carbons (Fsp3) is 0.625. The summed E-state index contributed by atoms with van der Waals surface area (Å²) in [5, 5.41) is 32.8. The normalized spacial score (nSPS) is 17.8. The molecule has 0 saturated carbocycles. The molecule has 0 unspecified atom stereocenters. The zero-order valence-electron chi connectivity index (χ0n) is 25.5. The first-order chi connectivity index (χ1) is 18.1. The maximum atomic E-state index is 13.0. The second-order valence-electron chi connectivity index (χ2n) is 11.3. The van der Waals surface area contributed by atoms with Crippen LogP contribution in [0.2, 0.25) is 0 Å². The molecule has 218 valence electrons. The lowest BCUT2D eigenvalue weighted by Crippen LogP contribution is -2.35. The van der Waals surface area contributed by atoms with Crippen molar-refractivity contribution in [1.29, 1.82) is 0 Å². The van der Waals surface area contributed by atoms with E-state index in [0.29, 0.717) is 63.7 Å². The molecule has 7 heteroatoms. The van der Waals surface area contributed by atoms with Crippen LogP contribution in [-0.4, -0.2) is 33.6 Å². The lowest BCUT2D eigenvalue weighted by atomic mass is 9.83. The summed E-state index contributed by atoms with van der Waals surface area (Å²) < 4.78 is 12.3. The molecule has 2 aromatic rings. The standard InChI is InChI=1S/C32H48O7/c1-12-24(33)17(5)31-23(11)29(37)20(8)30(39-31)16(4)14-15(3)26(34)19(7)28(36)22(10)32-21(9)27(35)18(6)25(13-2)38-32/h14,16-17,19,22,24,26,28,33-34,36H,12-13H2,1-11H3/t16-,17-,19-,22+,24-,26+,28+/m1/s1. The average Bonchev–Trinajstić information content (AvgIpc) is 2.92. The minimum atomic E-state index is -0.981. The van der Waals surface area contributed by atoms with Gasteiger partial charge in [0.2, 0.25) is 0 Å². The maximum absolute atomic E-state index is 13.0. The smallest absolute Gasteiger partial charge is 0.191 e. The second-order valence-corrected chi connectivity index (χ2v) is 11.3. The molecular formula is C32H48O7. The Morgan fingerprint density at radius 2 is 1.26 bits per heavy atom. The number of rotatable bonds is 11. The van der Waals surface area contributed by atoms with Gasteiger partial charge >= 0.3 is 0 Å². The number of aryl methyl sites for hydroxylation is 1. The van der Waals surface area contributed by atoms with E-state index in [4.69, 9.17) is 8.83 Å². The molecule has 0 amide bonds. The average molecular weight is 545 g/mol. The van der Waals surface area contributed by atoms with Crippen molar-refractivity contribution in [2.45, 2.75) is 125 Å². The van der Waals surface area contributed by atoms with Crippen molar-refractivity contribution in [3.63, 3.8) is 0 Å². The van der Waals surface area contributed by atoms with Crippen molar-refractivity contribution >= 4 is 0 Å². The molecule has 7 atom stereocenters. The van der Waals surface area contributed by atoms with Gasteiger partial charge in [0.1, 0.15) is 23.0 Å². The Balaban J connectivity index is 2.38. The molecule has 0 aliphatic rings. The van der Waals surface area contributed by atoms with E-state index in [-0.39, 0.29) is 22.7 Å². The molecule has 39 heavy (non-hydrogen) atoms. The molecule has 7 nitrogen and oxygen atoms in total. The van der Waals surface area contributed by atoms with Crippen molar-refractivity contribution in [2.24, 2.45) is 5.92 Å². The van der Waals surface area contributed by atoms with Crippen LogP contribution in [0, 0.1) is 33.6 Å². The van der Waals surface area contributed by atoms with Gasteiger partial charge in [-0.1, -0.05) is 47.6 Å². The van der Waals surface area contributed by atoms with Crippen LogP contribution in [0.25, 0.3) is 0 Å². The first-order valence-electron chi connectivity index (χ1n) is 14.1. The lowest BCUT2D eigenvalue weighted by Gasteiger charge is -2.30. The summed E-state index contributed by atoms with van der Waals surface area (Å²) in [5.41, 5.74) is 2.49. The molecule has 0 spiro atoms. The van der Waals surface area contributed by atoms with Gasteiger partial charge in [0.15, 0.2) is 10.9 Å². The van der Waals surface area contributed by atoms with Crippen molar-refractivity contribution in [3.8, 4) is 0 Å². The Bertz CT molecular complexity index is 1300. The molecule has 0 fully saturated rings. The van der Waals surface area contributed by atoms with Crippen LogP contribution in [-0.2, 0) is 6.42 Å². The zero-order valence-corrected chi connectivity index (χ0v) is 25.5. The third-order valence-corrected chi connectivity index (χ3v) is 8.43. The van der Waals surface area contributed by atoms with Gasteiger partial charge in [-0.3, -0.25) is 9.59 Å². The molecule has 3 N–H and O–H groups in total. The fourth-order valence-electron chi connectivity index (χ4n) is 5.53. The van der Waals surface area contributed by atoms with E-state index >= 15 is 0 Å². The maximum Gasteiger partial charge on any atom is 0.191 e. The van der Waals surface area contributed by atoms with Crippen molar-refractivity contribution in [3.05, 3.63) is 77.4 Å². The number of hydrogen-bond acceptors (Lipinski definition) is 7. The van der Waals surface area contributed by atoms with E-state index < -0.39 is 30.1 Å². The van der Waals surface area contributed by atoms with Crippen LogP contribution in [0.1, 0.15) is 118 Å². The van der Waals surface area contributed by atoms with Crippen LogP contribution in [0.4, 0.5) is 0 Å². The van der Waals surface area contributed by atoms with E-state index in [9.17, 15) is 24.9 Å². The van der Waals surface area contributed by atoms with Gasteiger partial charge in [-0.15, -0.1) is 0 Å². The van der Waals surface area contributed by atoms with E-state index in [1.807, 2.05) is 33.8 Å². The topological polar surface area (TPSA) is 121 Å². The van der Waals surface area contributed by atoms with Gasteiger partial charge in [0, 0.05) is 52.3 Å². The van der Waals surface area contributed by atoms with Crippen molar-refractivity contribution in [1.82, 2.24) is 0 Å². The Kier molecular flexibility index (Phi) is 11.1. The predicted molar refractivity (Wildman–Crippen MR) is 155 cm³/mol. The molecule has 0 saturated heterocycles. The van der Waals surface area contributed by atoms with E-state index in [1.54, 1.807) is 48.5 Å². The summed E-state index contributed by atoms with van der Waals surface area (Å²) in [6, 6.07) is 0. The second kappa shape index (κ2) is 13.2. The highest BCUT2D eigenvalue weighted by atomic mass is 16.3. The first kappa shape index (κ1) is 32.7. The summed E-state index contributed by atoms with van der Waals surface area (Å²) in [6.07, 6.45) is 0.368. The lowest BCUT2D eigenvalue weighted by molar-refractivity contribution is 0.0216. The van der Waals surface area contributed by atoms with Gasteiger partial charge in [-0.05, 0) is 46.6 Å². The monoisotopic (exact) mass is 544 g/mol. The quantitative estimate of drug-likeness (QED) is 0.321. The largest absolute Gasteiger partial charge is 0.465 e. The molecule has 0 bridgehead atoms. The van der Waals surface area contributed by atoms with E-state index in [1.165, 1.54) is 0 Å². The Labute approximate surface area is 232 Å². The van der Waals surface area contributed by atoms with Gasteiger partial charge in [-0.25, -0.2) is 0 Å². The minimum absolute atomic E-state index is 0.0830. The van der Waals surface area contributed by atoms with Crippen LogP contribution in [0.15, 0.2) is 30.1 Å². The summed E-state index contributed by atoms with van der Waals surface area (Å²) in [4.78, 5) is 25.7. The van der Waals surface area contributed by atoms with Gasteiger partial charge < -0.3 is 24.2 Å². The zero-order chi connectivity index (χ0) is 29.9. The van der Waals surface area contributed by atoms with Gasteiger partial charge in [-0.2, -0.15) is 0 Å². The third-order valence-electron chi connectivity index (χ3n) is 8.43. The number of aliphatic hydroxyl groups is 3. The molecule has 2 rings (SSSR count). The van der Waals surface area contributed by atoms with Crippen LogP contribution in [0.3, 0.4) is 0 Å². The molecule has 0 radical (unpaired) electrons. The number of aliphatic hydroxyl groups excluding tert-OH is 3. The molecular weight excluding hydrogens is 496 g/mol. The van der Waals surface area contributed by atoms with E-state index in [0.717, 1.165) is 0 Å². The summed E-state index contributed by atoms with van der Waals surface area (Å²) in [5.74, 6) is 0.278. The van der Waals surface area contributed by atoms with E-state index in [2.05, 4.69) is 0 Å². The summed E-state index contributed by atoms with van der Waals surface area (Å²) >= 11 is 0. The fourth-order valence-corrected chi connectivity index (χ4v) is 5.53.